The van der Waals surface area contributed by atoms with Gasteiger partial charge in [-0.3, -0.25) is 0 Å². The van der Waals surface area contributed by atoms with Crippen LogP contribution in [-0.4, -0.2) is 25.9 Å². The molecule has 0 spiro atoms. The molecule has 1 atom stereocenters. The first-order chi connectivity index (χ1) is 4.93. The number of hydrogen-bond acceptors (Lipinski definition) is 2. The lowest BCUT2D eigenvalue weighted by Crippen LogP contribution is -2.28. The molecular weight excluding hydrogens is 128 g/mol. The van der Waals surface area contributed by atoms with Crippen LogP contribution < -0.4 is 0 Å². The van der Waals surface area contributed by atoms with Crippen molar-refractivity contribution in [3.05, 3.63) is 26.2 Å². The lowest BCUT2D eigenvalue weighted by molar-refractivity contribution is -0.0730. The third-order valence-corrected chi connectivity index (χ3v) is 1.30. The van der Waals surface area contributed by atoms with Crippen LogP contribution in [0.4, 0.5) is 0 Å². The number of hydrogen-bond donors (Lipinski definition) is 0. The second-order valence-electron chi connectivity index (χ2n) is 2.10. The summed E-state index contributed by atoms with van der Waals surface area (Å²) in [5, 5.41) is 0. The molecule has 1 rings (SSSR count). The van der Waals surface area contributed by atoms with Crippen LogP contribution in [-0.2, 0) is 9.47 Å². The van der Waals surface area contributed by atoms with Gasteiger partial charge in [-0.1, -0.05) is 0 Å². The molecule has 2 heteroatoms. The van der Waals surface area contributed by atoms with Crippen LogP contribution in [0.5, 0.6) is 0 Å². The normalized spacial score (nSPS) is 26.7. The highest BCUT2D eigenvalue weighted by Gasteiger charge is 2.12. The number of ether oxygens (including phenoxy) is 2. The van der Waals surface area contributed by atoms with Gasteiger partial charge in [-0.15, -0.1) is 0 Å². The molecule has 0 aliphatic carbocycles. The fourth-order valence-electron chi connectivity index (χ4n) is 0.820. The molecule has 1 heterocycles. The Balaban J connectivity index is 2.02. The van der Waals surface area contributed by atoms with Gasteiger partial charge in [0.05, 0.1) is 25.9 Å². The topological polar surface area (TPSA) is 18.5 Å². The van der Waals surface area contributed by atoms with E-state index in [-0.39, 0.29) is 6.10 Å². The number of unbranched alkanes of at least 4 members (excludes halogenated alkanes) is 1. The summed E-state index contributed by atoms with van der Waals surface area (Å²) in [5.41, 5.74) is 0. The Morgan fingerprint density at radius 2 is 2.30 bits per heavy atom. The molecular formula is C8H12O2. The van der Waals surface area contributed by atoms with E-state index in [1.165, 1.54) is 0 Å². The molecule has 2 nitrogen and oxygen atoms in total. The molecule has 1 aliphatic heterocycles. The van der Waals surface area contributed by atoms with Gasteiger partial charge in [0.15, 0.2) is 0 Å². The maximum Gasteiger partial charge on any atom is 0.0844 e. The Morgan fingerprint density at radius 1 is 1.40 bits per heavy atom. The van der Waals surface area contributed by atoms with Crippen LogP contribution in [0.2, 0.25) is 0 Å². The van der Waals surface area contributed by atoms with Gasteiger partial charge in [0, 0.05) is 0 Å². The zero-order chi connectivity index (χ0) is 7.23. The Hall–Kier alpha value is -0.0800. The van der Waals surface area contributed by atoms with Crippen molar-refractivity contribution < 1.29 is 9.47 Å². The van der Waals surface area contributed by atoms with Gasteiger partial charge in [-0.2, -0.15) is 0 Å². The molecule has 0 bridgehead atoms. The third kappa shape index (κ3) is 2.67. The summed E-state index contributed by atoms with van der Waals surface area (Å²) >= 11 is 0. The van der Waals surface area contributed by atoms with Gasteiger partial charge in [-0.25, -0.2) is 0 Å². The van der Waals surface area contributed by atoms with Crippen LogP contribution >= 0.6 is 0 Å². The van der Waals surface area contributed by atoms with E-state index in [0.717, 1.165) is 6.61 Å². The Labute approximate surface area is 62.5 Å². The van der Waals surface area contributed by atoms with Crippen molar-refractivity contribution in [1.29, 1.82) is 0 Å². The van der Waals surface area contributed by atoms with Gasteiger partial charge in [-0.05, 0) is 26.2 Å². The molecule has 1 aliphatic rings. The fourth-order valence-corrected chi connectivity index (χ4v) is 0.820. The Bertz CT molecular complexity index is 77.3. The van der Waals surface area contributed by atoms with Crippen LogP contribution in [0.25, 0.3) is 0 Å². The van der Waals surface area contributed by atoms with Crippen molar-refractivity contribution in [1.82, 2.24) is 0 Å². The van der Waals surface area contributed by atoms with E-state index >= 15 is 0 Å². The summed E-state index contributed by atoms with van der Waals surface area (Å²) in [5.74, 6) is 0. The highest BCUT2D eigenvalue weighted by Crippen LogP contribution is 2.06. The summed E-state index contributed by atoms with van der Waals surface area (Å²) in [6.45, 7) is 5.65. The van der Waals surface area contributed by atoms with Gasteiger partial charge >= 0.3 is 0 Å². The van der Waals surface area contributed by atoms with E-state index in [2.05, 4.69) is 6.92 Å². The smallest absolute Gasteiger partial charge is 0.0844 e. The van der Waals surface area contributed by atoms with Crippen molar-refractivity contribution in [3.63, 3.8) is 0 Å². The highest BCUT2D eigenvalue weighted by atomic mass is 16.6. The molecule has 0 aromatic heterocycles. The van der Waals surface area contributed by atoms with E-state index in [1.54, 1.807) is 6.42 Å². The summed E-state index contributed by atoms with van der Waals surface area (Å²) < 4.78 is 10.5. The lowest BCUT2D eigenvalue weighted by Gasteiger charge is -2.22. The summed E-state index contributed by atoms with van der Waals surface area (Å²) in [7, 11) is 0. The van der Waals surface area contributed by atoms with Crippen LogP contribution in [0.15, 0.2) is 0 Å². The van der Waals surface area contributed by atoms with Crippen LogP contribution in [0, 0.1) is 26.2 Å². The first-order valence-electron chi connectivity index (χ1n) is 3.42. The van der Waals surface area contributed by atoms with Crippen LogP contribution in [0.1, 0.15) is 0 Å². The largest absolute Gasteiger partial charge is 0.376 e. The molecule has 1 fully saturated rings. The minimum Gasteiger partial charge on any atom is -0.376 e. The second kappa shape index (κ2) is 4.69. The molecule has 56 valence electrons. The molecule has 10 heavy (non-hydrogen) atoms. The van der Waals surface area contributed by atoms with Gasteiger partial charge in [0.25, 0.3) is 0 Å². The first-order valence-corrected chi connectivity index (χ1v) is 3.42. The van der Waals surface area contributed by atoms with E-state index in [9.17, 15) is 0 Å². The van der Waals surface area contributed by atoms with E-state index in [0.29, 0.717) is 13.2 Å². The van der Waals surface area contributed by atoms with Crippen LogP contribution in [0.3, 0.4) is 0 Å². The molecule has 1 saturated heterocycles. The quantitative estimate of drug-likeness (QED) is 0.578. The average Bonchev–Trinajstić information content (AvgIpc) is 2.03. The molecule has 0 aromatic rings. The standard InChI is InChI=1S/C8H12O2/c1-2-3-4-8-7-9-5-6-10-8/h2-4,8H,1,5-7H2/t8-/m1/s1. The van der Waals surface area contributed by atoms with Gasteiger partial charge in [0.1, 0.15) is 0 Å². The third-order valence-electron chi connectivity index (χ3n) is 1.30. The Morgan fingerprint density at radius 3 is 2.90 bits per heavy atom. The van der Waals surface area contributed by atoms with E-state index in [4.69, 9.17) is 9.47 Å². The SMILES string of the molecule is [CH2][CH][CH][CH][C@@H]1COCCO1. The maximum atomic E-state index is 5.32. The molecule has 0 N–H and O–H groups in total. The first kappa shape index (κ1) is 8.02. The molecule has 4 radical (unpaired) electrons. The monoisotopic (exact) mass is 140 g/mol. The highest BCUT2D eigenvalue weighted by molar-refractivity contribution is 5.01. The minimum absolute atomic E-state index is 0.131. The second-order valence-corrected chi connectivity index (χ2v) is 2.10. The Kier molecular flexibility index (Phi) is 3.76. The minimum atomic E-state index is 0.131. The maximum absolute atomic E-state index is 5.32. The van der Waals surface area contributed by atoms with Gasteiger partial charge in [0.2, 0.25) is 0 Å². The van der Waals surface area contributed by atoms with E-state index in [1.807, 2.05) is 12.8 Å². The van der Waals surface area contributed by atoms with Crippen molar-refractivity contribution in [3.8, 4) is 0 Å². The summed E-state index contributed by atoms with van der Waals surface area (Å²) in [4.78, 5) is 0. The zero-order valence-electron chi connectivity index (χ0n) is 5.95. The average molecular weight is 140 g/mol. The predicted octanol–water partition coefficient (Wildman–Crippen LogP) is 0.849. The van der Waals surface area contributed by atoms with Gasteiger partial charge < -0.3 is 9.47 Å². The molecule has 0 unspecified atom stereocenters. The van der Waals surface area contributed by atoms with Crippen molar-refractivity contribution in [2.24, 2.45) is 0 Å². The van der Waals surface area contributed by atoms with Crippen molar-refractivity contribution in [2.75, 3.05) is 19.8 Å². The molecule has 0 saturated carbocycles. The van der Waals surface area contributed by atoms with Crippen molar-refractivity contribution in [2.45, 2.75) is 6.10 Å². The fraction of sp³-hybridized carbons (Fsp3) is 0.500. The molecule has 0 aromatic carbocycles. The zero-order valence-corrected chi connectivity index (χ0v) is 5.95. The predicted molar refractivity (Wildman–Crippen MR) is 38.8 cm³/mol. The summed E-state index contributed by atoms with van der Waals surface area (Å²) in [6, 6.07) is 0. The summed E-state index contributed by atoms with van der Waals surface area (Å²) in [6.07, 6.45) is 5.69. The lowest BCUT2D eigenvalue weighted by atomic mass is 10.2. The van der Waals surface area contributed by atoms with E-state index < -0.39 is 0 Å². The van der Waals surface area contributed by atoms with Crippen molar-refractivity contribution >= 4 is 0 Å². The number of rotatable bonds is 3. The molecule has 0 amide bonds.